The van der Waals surface area contributed by atoms with Crippen molar-refractivity contribution in [2.75, 3.05) is 12.3 Å². The van der Waals surface area contributed by atoms with Crippen molar-refractivity contribution in [3.8, 4) is 0 Å². The topological polar surface area (TPSA) is 24.4 Å². The first-order chi connectivity index (χ1) is 8.09. The summed E-state index contributed by atoms with van der Waals surface area (Å²) in [5.41, 5.74) is 0.472. The van der Waals surface area contributed by atoms with E-state index in [0.717, 1.165) is 12.5 Å². The maximum absolute atomic E-state index is 4.83. The minimum atomic E-state index is 0.472. The summed E-state index contributed by atoms with van der Waals surface area (Å²) in [5, 5.41) is 4.72. The number of hydrogen-bond donors (Lipinski definition) is 1. The van der Waals surface area contributed by atoms with Crippen molar-refractivity contribution in [2.45, 2.75) is 58.9 Å². The van der Waals surface area contributed by atoms with Crippen LogP contribution in [0.2, 0.25) is 0 Å². The molecule has 2 fully saturated rings. The highest BCUT2D eigenvalue weighted by Crippen LogP contribution is 2.36. The molecule has 0 spiro atoms. The van der Waals surface area contributed by atoms with Crippen LogP contribution in [-0.4, -0.2) is 23.5 Å². The number of rotatable bonds is 2. The monoisotopic (exact) mass is 254 g/mol. The van der Waals surface area contributed by atoms with Gasteiger partial charge in [-0.05, 0) is 31.1 Å². The lowest BCUT2D eigenvalue weighted by atomic mass is 9.76. The molecule has 17 heavy (non-hydrogen) atoms. The molecule has 2 rings (SSSR count). The summed E-state index contributed by atoms with van der Waals surface area (Å²) in [6, 6.07) is 0.578. The standard InChI is InChI=1S/C14H26N2S/c1-11-9-17-13(16-12(11)2)15-10-14(3)7-5-4-6-8-14/h11-12H,4-10H2,1-3H3,(H,15,16). The second-order valence-electron chi connectivity index (χ2n) is 6.21. The summed E-state index contributed by atoms with van der Waals surface area (Å²) in [5.74, 6) is 1.97. The molecule has 98 valence electrons. The Hall–Kier alpha value is -0.180. The first kappa shape index (κ1) is 13.3. The Labute approximate surface area is 110 Å². The van der Waals surface area contributed by atoms with Gasteiger partial charge in [0.1, 0.15) is 0 Å². The van der Waals surface area contributed by atoms with Gasteiger partial charge < -0.3 is 5.32 Å². The van der Waals surface area contributed by atoms with Gasteiger partial charge >= 0.3 is 0 Å². The zero-order valence-corrected chi connectivity index (χ0v) is 12.3. The van der Waals surface area contributed by atoms with E-state index in [0.29, 0.717) is 11.5 Å². The zero-order valence-electron chi connectivity index (χ0n) is 11.5. The fraction of sp³-hybridized carbons (Fsp3) is 0.929. The number of aliphatic imine (C=N–C) groups is 1. The Morgan fingerprint density at radius 2 is 2.00 bits per heavy atom. The van der Waals surface area contributed by atoms with Crippen molar-refractivity contribution in [1.82, 2.24) is 5.32 Å². The molecule has 1 saturated carbocycles. The number of hydrogen-bond acceptors (Lipinski definition) is 2. The lowest BCUT2D eigenvalue weighted by Gasteiger charge is -2.33. The lowest BCUT2D eigenvalue weighted by molar-refractivity contribution is 0.227. The Morgan fingerprint density at radius 1 is 1.29 bits per heavy atom. The minimum Gasteiger partial charge on any atom is -0.362 e. The molecular weight excluding hydrogens is 228 g/mol. The highest BCUT2D eigenvalue weighted by atomic mass is 32.2. The van der Waals surface area contributed by atoms with E-state index < -0.39 is 0 Å². The van der Waals surface area contributed by atoms with Gasteiger partial charge in [0, 0.05) is 18.3 Å². The van der Waals surface area contributed by atoms with E-state index >= 15 is 0 Å². The van der Waals surface area contributed by atoms with Crippen molar-refractivity contribution >= 4 is 16.9 Å². The van der Waals surface area contributed by atoms with Gasteiger partial charge in [-0.15, -0.1) is 0 Å². The molecule has 1 saturated heterocycles. The molecule has 0 bridgehead atoms. The number of amidine groups is 1. The van der Waals surface area contributed by atoms with Crippen LogP contribution in [-0.2, 0) is 0 Å². The SMILES string of the molecule is CC1CSC(=NCC2(C)CCCCC2)NC1C. The zero-order chi connectivity index (χ0) is 12.3. The van der Waals surface area contributed by atoms with E-state index in [2.05, 4.69) is 26.1 Å². The summed E-state index contributed by atoms with van der Waals surface area (Å²) in [6.45, 7) is 8.01. The molecule has 2 atom stereocenters. The van der Waals surface area contributed by atoms with Crippen molar-refractivity contribution in [3.63, 3.8) is 0 Å². The highest BCUT2D eigenvalue weighted by molar-refractivity contribution is 8.13. The van der Waals surface area contributed by atoms with E-state index in [4.69, 9.17) is 4.99 Å². The van der Waals surface area contributed by atoms with E-state index in [1.54, 1.807) is 0 Å². The molecule has 1 N–H and O–H groups in total. The third-order valence-electron chi connectivity index (χ3n) is 4.35. The Balaban J connectivity index is 1.87. The van der Waals surface area contributed by atoms with Crippen LogP contribution in [0.25, 0.3) is 0 Å². The molecule has 0 radical (unpaired) electrons. The van der Waals surface area contributed by atoms with Crippen molar-refractivity contribution in [2.24, 2.45) is 16.3 Å². The molecule has 0 aromatic carbocycles. The Bertz CT molecular complexity index is 282. The average molecular weight is 254 g/mol. The fourth-order valence-corrected chi connectivity index (χ4v) is 3.79. The van der Waals surface area contributed by atoms with E-state index in [1.807, 2.05) is 11.8 Å². The van der Waals surface area contributed by atoms with Crippen LogP contribution < -0.4 is 5.32 Å². The van der Waals surface area contributed by atoms with Crippen LogP contribution in [0.15, 0.2) is 4.99 Å². The van der Waals surface area contributed by atoms with Gasteiger partial charge in [-0.2, -0.15) is 0 Å². The van der Waals surface area contributed by atoms with Crippen LogP contribution in [0.4, 0.5) is 0 Å². The summed E-state index contributed by atoms with van der Waals surface area (Å²) in [4.78, 5) is 4.83. The maximum Gasteiger partial charge on any atom is 0.156 e. The average Bonchev–Trinajstić information content (AvgIpc) is 2.32. The molecule has 2 aliphatic rings. The van der Waals surface area contributed by atoms with Crippen LogP contribution in [0, 0.1) is 11.3 Å². The van der Waals surface area contributed by atoms with Gasteiger partial charge in [0.25, 0.3) is 0 Å². The molecule has 3 heteroatoms. The predicted octanol–water partition coefficient (Wildman–Crippen LogP) is 3.67. The quantitative estimate of drug-likeness (QED) is 0.813. The molecule has 2 nitrogen and oxygen atoms in total. The molecule has 0 amide bonds. The Morgan fingerprint density at radius 3 is 2.65 bits per heavy atom. The molecule has 1 aliphatic carbocycles. The van der Waals surface area contributed by atoms with E-state index in [-0.39, 0.29) is 0 Å². The van der Waals surface area contributed by atoms with E-state index in [9.17, 15) is 0 Å². The summed E-state index contributed by atoms with van der Waals surface area (Å²) < 4.78 is 0. The number of nitrogens with one attached hydrogen (secondary N) is 1. The molecule has 0 aromatic rings. The Kier molecular flexibility index (Phi) is 4.40. The van der Waals surface area contributed by atoms with Crippen molar-refractivity contribution in [1.29, 1.82) is 0 Å². The molecule has 2 unspecified atom stereocenters. The van der Waals surface area contributed by atoms with E-state index in [1.165, 1.54) is 43.0 Å². The van der Waals surface area contributed by atoms with Gasteiger partial charge in [0.05, 0.1) is 0 Å². The molecular formula is C14H26N2S. The first-order valence-electron chi connectivity index (χ1n) is 7.03. The molecule has 1 aliphatic heterocycles. The smallest absolute Gasteiger partial charge is 0.156 e. The third kappa shape index (κ3) is 3.64. The minimum absolute atomic E-state index is 0.472. The third-order valence-corrected chi connectivity index (χ3v) is 5.57. The summed E-state index contributed by atoms with van der Waals surface area (Å²) in [7, 11) is 0. The number of nitrogens with zero attached hydrogens (tertiary/aromatic N) is 1. The normalized spacial score (nSPS) is 35.6. The van der Waals surface area contributed by atoms with Gasteiger partial charge in [-0.3, -0.25) is 4.99 Å². The van der Waals surface area contributed by atoms with Gasteiger partial charge in [0.2, 0.25) is 0 Å². The van der Waals surface area contributed by atoms with Crippen LogP contribution in [0.5, 0.6) is 0 Å². The van der Waals surface area contributed by atoms with Crippen molar-refractivity contribution < 1.29 is 0 Å². The molecule has 0 aromatic heterocycles. The van der Waals surface area contributed by atoms with Crippen LogP contribution in [0.3, 0.4) is 0 Å². The van der Waals surface area contributed by atoms with Crippen molar-refractivity contribution in [3.05, 3.63) is 0 Å². The number of thioether (sulfide) groups is 1. The first-order valence-corrected chi connectivity index (χ1v) is 8.01. The molecule has 1 heterocycles. The lowest BCUT2D eigenvalue weighted by Crippen LogP contribution is -2.41. The van der Waals surface area contributed by atoms with Crippen LogP contribution in [0.1, 0.15) is 52.9 Å². The van der Waals surface area contributed by atoms with Crippen LogP contribution >= 0.6 is 11.8 Å². The largest absolute Gasteiger partial charge is 0.362 e. The summed E-state index contributed by atoms with van der Waals surface area (Å²) >= 11 is 1.90. The predicted molar refractivity (Wildman–Crippen MR) is 77.7 cm³/mol. The maximum atomic E-state index is 4.83. The highest BCUT2D eigenvalue weighted by Gasteiger charge is 2.27. The second-order valence-corrected chi connectivity index (χ2v) is 7.22. The van der Waals surface area contributed by atoms with Gasteiger partial charge in [-0.25, -0.2) is 0 Å². The second kappa shape index (κ2) is 5.64. The van der Waals surface area contributed by atoms with Gasteiger partial charge in [-0.1, -0.05) is 44.9 Å². The fourth-order valence-electron chi connectivity index (χ4n) is 2.65. The van der Waals surface area contributed by atoms with Gasteiger partial charge in [0.15, 0.2) is 5.17 Å². The summed E-state index contributed by atoms with van der Waals surface area (Å²) in [6.07, 6.45) is 6.94.